The highest BCUT2D eigenvalue weighted by atomic mass is 127. The topological polar surface area (TPSA) is 55.8 Å². The maximum Gasteiger partial charge on any atom is 0.338 e. The molecule has 30 heavy (non-hydrogen) atoms. The van der Waals surface area contributed by atoms with Crippen molar-refractivity contribution in [1.29, 1.82) is 0 Å². The highest BCUT2D eigenvalue weighted by molar-refractivity contribution is 14.1. The molecule has 6 heteroatoms. The van der Waals surface area contributed by atoms with Gasteiger partial charge in [0.15, 0.2) is 5.78 Å². The van der Waals surface area contributed by atoms with Crippen LogP contribution in [0.1, 0.15) is 48.2 Å². The molecule has 160 valence electrons. The molecule has 5 nitrogen and oxygen atoms in total. The summed E-state index contributed by atoms with van der Waals surface area (Å²) in [6.07, 6.45) is 5.65. The molecule has 0 unspecified atom stereocenters. The van der Waals surface area contributed by atoms with Gasteiger partial charge in [-0.25, -0.2) is 4.79 Å². The molecule has 0 aliphatic carbocycles. The number of unbranched alkanes of at least 4 members (excludes halogenated alkanes) is 1. The number of halogens is 1. The molecular formula is C24H28INO4. The van der Waals surface area contributed by atoms with Crippen molar-refractivity contribution in [2.45, 2.75) is 39.8 Å². The van der Waals surface area contributed by atoms with Crippen LogP contribution in [-0.2, 0) is 22.7 Å². The summed E-state index contributed by atoms with van der Waals surface area (Å²) in [6, 6.07) is 12.9. The number of ether oxygens (including phenoxy) is 2. The number of ketones is 1. The van der Waals surface area contributed by atoms with E-state index in [0.717, 1.165) is 35.1 Å². The predicted molar refractivity (Wildman–Crippen MR) is 126 cm³/mol. The lowest BCUT2D eigenvalue weighted by Crippen LogP contribution is -2.19. The molecule has 0 aromatic heterocycles. The van der Waals surface area contributed by atoms with E-state index in [1.807, 2.05) is 18.3 Å². The summed E-state index contributed by atoms with van der Waals surface area (Å²) in [7, 11) is 1.58. The number of esters is 1. The molecule has 0 aliphatic rings. The van der Waals surface area contributed by atoms with E-state index in [9.17, 15) is 9.59 Å². The first-order chi connectivity index (χ1) is 14.4. The van der Waals surface area contributed by atoms with Gasteiger partial charge in [-0.1, -0.05) is 25.5 Å². The smallest absolute Gasteiger partial charge is 0.338 e. The lowest BCUT2D eigenvalue weighted by atomic mass is 10.1. The van der Waals surface area contributed by atoms with Crippen LogP contribution in [0.15, 0.2) is 54.7 Å². The van der Waals surface area contributed by atoms with E-state index in [1.165, 1.54) is 5.56 Å². The second-order valence-electron chi connectivity index (χ2n) is 6.98. The average Bonchev–Trinajstić information content (AvgIpc) is 2.75. The van der Waals surface area contributed by atoms with Gasteiger partial charge in [-0.05, 0) is 83.5 Å². The van der Waals surface area contributed by atoms with Gasteiger partial charge in [0.25, 0.3) is 0 Å². The fraction of sp³-hybridized carbons (Fsp3) is 0.333. The second kappa shape index (κ2) is 12.4. The Bertz CT molecular complexity index is 877. The highest BCUT2D eigenvalue weighted by Gasteiger charge is 2.10. The van der Waals surface area contributed by atoms with E-state index < -0.39 is 0 Å². The lowest BCUT2D eigenvalue weighted by molar-refractivity contribution is -0.112. The Kier molecular flexibility index (Phi) is 9.86. The number of hydrogen-bond acceptors (Lipinski definition) is 5. The maximum absolute atomic E-state index is 12.2. The largest absolute Gasteiger partial charge is 0.497 e. The molecule has 0 heterocycles. The minimum Gasteiger partial charge on any atom is -0.497 e. The van der Waals surface area contributed by atoms with Crippen LogP contribution in [-0.4, -0.2) is 30.3 Å². The normalized spacial score (nSPS) is 10.8. The summed E-state index contributed by atoms with van der Waals surface area (Å²) < 4.78 is 11.6. The molecule has 0 aliphatic heterocycles. The van der Waals surface area contributed by atoms with Crippen LogP contribution in [0.5, 0.6) is 5.75 Å². The van der Waals surface area contributed by atoms with Crippen molar-refractivity contribution in [1.82, 2.24) is 4.90 Å². The van der Waals surface area contributed by atoms with Crippen LogP contribution < -0.4 is 4.74 Å². The first kappa shape index (κ1) is 23.9. The second-order valence-corrected chi connectivity index (χ2v) is 8.14. The van der Waals surface area contributed by atoms with Crippen molar-refractivity contribution in [3.63, 3.8) is 0 Å². The van der Waals surface area contributed by atoms with Gasteiger partial charge in [-0.3, -0.25) is 4.79 Å². The summed E-state index contributed by atoms with van der Waals surface area (Å²) >= 11 is 2.30. The van der Waals surface area contributed by atoms with Crippen LogP contribution in [0.25, 0.3) is 0 Å². The van der Waals surface area contributed by atoms with Gasteiger partial charge in [0.1, 0.15) is 12.4 Å². The average molecular weight is 521 g/mol. The van der Waals surface area contributed by atoms with Crippen molar-refractivity contribution in [2.24, 2.45) is 0 Å². The monoisotopic (exact) mass is 521 g/mol. The quantitative estimate of drug-likeness (QED) is 0.226. The Balaban J connectivity index is 1.99. The molecule has 0 saturated heterocycles. The summed E-state index contributed by atoms with van der Waals surface area (Å²) in [5, 5.41) is 0. The molecule has 0 bridgehead atoms. The van der Waals surface area contributed by atoms with E-state index in [1.54, 1.807) is 44.4 Å². The van der Waals surface area contributed by atoms with E-state index in [2.05, 4.69) is 40.5 Å². The molecular weight excluding hydrogens is 493 g/mol. The van der Waals surface area contributed by atoms with Gasteiger partial charge in [0.2, 0.25) is 0 Å². The maximum atomic E-state index is 12.2. The molecule has 2 aromatic carbocycles. The van der Waals surface area contributed by atoms with Gasteiger partial charge in [-0.15, -0.1) is 0 Å². The van der Waals surface area contributed by atoms with Crippen molar-refractivity contribution < 1.29 is 19.1 Å². The van der Waals surface area contributed by atoms with Crippen molar-refractivity contribution in [2.75, 3.05) is 13.7 Å². The van der Waals surface area contributed by atoms with E-state index in [-0.39, 0.29) is 18.4 Å². The van der Waals surface area contributed by atoms with Crippen molar-refractivity contribution >= 4 is 34.3 Å². The van der Waals surface area contributed by atoms with Gasteiger partial charge >= 0.3 is 5.97 Å². The predicted octanol–water partition coefficient (Wildman–Crippen LogP) is 5.36. The van der Waals surface area contributed by atoms with Gasteiger partial charge in [0, 0.05) is 22.9 Å². The third-order valence-corrected chi connectivity index (χ3v) is 5.51. The molecule has 2 aromatic rings. The molecule has 0 N–H and O–H groups in total. The standard InChI is InChI=1S/C24H28INO4/c1-4-5-13-26(14-12-18(2)27)16-21-7-6-19(15-23(21)25)17-30-24(28)20-8-10-22(29-3)11-9-20/h6-12,14-15H,4-5,13,16-17H2,1-3H3/b14-12+. The summed E-state index contributed by atoms with van der Waals surface area (Å²) in [5.41, 5.74) is 2.60. The van der Waals surface area contributed by atoms with Crippen LogP contribution >= 0.6 is 22.6 Å². The van der Waals surface area contributed by atoms with E-state index in [0.29, 0.717) is 11.3 Å². The third-order valence-electron chi connectivity index (χ3n) is 4.51. The fourth-order valence-electron chi connectivity index (χ4n) is 2.76. The Morgan fingerprint density at radius 2 is 1.87 bits per heavy atom. The number of carbonyl (C=O) groups excluding carboxylic acids is 2. The van der Waals surface area contributed by atoms with Crippen molar-refractivity contribution in [3.05, 3.63) is 75.0 Å². The fourth-order valence-corrected chi connectivity index (χ4v) is 3.52. The number of nitrogens with zero attached hydrogens (tertiary/aromatic N) is 1. The molecule has 0 fully saturated rings. The Labute approximate surface area is 192 Å². The molecule has 0 saturated carbocycles. The first-order valence-corrected chi connectivity index (χ1v) is 11.0. The summed E-state index contributed by atoms with van der Waals surface area (Å²) in [4.78, 5) is 25.7. The third kappa shape index (κ3) is 7.82. The first-order valence-electron chi connectivity index (χ1n) is 9.94. The minimum atomic E-state index is -0.364. The lowest BCUT2D eigenvalue weighted by Gasteiger charge is -2.21. The summed E-state index contributed by atoms with van der Waals surface area (Å²) in [6.45, 7) is 5.55. The number of methoxy groups -OCH3 is 1. The van der Waals surface area contributed by atoms with Gasteiger partial charge in [0.05, 0.1) is 12.7 Å². The summed E-state index contributed by atoms with van der Waals surface area (Å²) in [5.74, 6) is 0.375. The number of hydrogen-bond donors (Lipinski definition) is 0. The molecule has 0 atom stereocenters. The van der Waals surface area contributed by atoms with Crippen LogP contribution in [0.3, 0.4) is 0 Å². The van der Waals surface area contributed by atoms with Crippen LogP contribution in [0.4, 0.5) is 0 Å². The number of benzene rings is 2. The number of carbonyl (C=O) groups is 2. The number of rotatable bonds is 11. The molecule has 0 radical (unpaired) electrons. The number of allylic oxidation sites excluding steroid dienone is 1. The molecule has 0 spiro atoms. The zero-order chi connectivity index (χ0) is 21.9. The Hall–Kier alpha value is -2.35. The van der Waals surface area contributed by atoms with Crippen LogP contribution in [0, 0.1) is 3.57 Å². The highest BCUT2D eigenvalue weighted by Crippen LogP contribution is 2.19. The van der Waals surface area contributed by atoms with Gasteiger partial charge < -0.3 is 14.4 Å². The van der Waals surface area contributed by atoms with Crippen molar-refractivity contribution in [3.8, 4) is 5.75 Å². The molecule has 2 rings (SSSR count). The van der Waals surface area contributed by atoms with Crippen LogP contribution in [0.2, 0.25) is 0 Å². The van der Waals surface area contributed by atoms with E-state index in [4.69, 9.17) is 9.47 Å². The molecule has 0 amide bonds. The van der Waals surface area contributed by atoms with E-state index >= 15 is 0 Å². The Morgan fingerprint density at radius 1 is 1.13 bits per heavy atom. The minimum absolute atomic E-state index is 0.0419. The zero-order valence-electron chi connectivity index (χ0n) is 17.7. The SMILES string of the molecule is CCCCN(/C=C/C(C)=O)Cc1ccc(COC(=O)c2ccc(OC)cc2)cc1I. The Morgan fingerprint density at radius 3 is 2.47 bits per heavy atom. The van der Waals surface area contributed by atoms with Gasteiger partial charge in [-0.2, -0.15) is 0 Å². The zero-order valence-corrected chi connectivity index (χ0v) is 19.8.